The molecule has 0 spiro atoms. The van der Waals surface area contributed by atoms with Crippen molar-refractivity contribution in [3.63, 3.8) is 0 Å². The van der Waals surface area contributed by atoms with E-state index in [1.165, 1.54) is 67.8 Å². The third kappa shape index (κ3) is 16.9. The van der Waals surface area contributed by atoms with Crippen molar-refractivity contribution in [2.24, 2.45) is 35.2 Å². The topological polar surface area (TPSA) is 24.3 Å². The Balaban J connectivity index is 0.000000141. The van der Waals surface area contributed by atoms with Crippen molar-refractivity contribution in [3.05, 3.63) is 337 Å². The summed E-state index contributed by atoms with van der Waals surface area (Å²) in [6.07, 6.45) is 0.535. The van der Waals surface area contributed by atoms with Gasteiger partial charge in [0.25, 0.3) is 0 Å². The Morgan fingerprint density at radius 3 is 1.13 bits per heavy atom. The zero-order valence-electron chi connectivity index (χ0n) is 88.5. The van der Waals surface area contributed by atoms with Gasteiger partial charge in [0, 0.05) is 78.8 Å². The normalized spacial score (nSPS) is 14.0. The van der Waals surface area contributed by atoms with Crippen LogP contribution in [0.15, 0.2) is 237 Å². The monoisotopic (exact) mass is 1560 g/mol. The molecule has 0 radical (unpaired) electrons. The Morgan fingerprint density at radius 2 is 0.701 bits per heavy atom. The molecular weight excluding hydrogens is 1420 g/mol. The molecule has 0 amide bonds. The number of hydrogen-bond acceptors (Lipinski definition) is 0. The van der Waals surface area contributed by atoms with Crippen LogP contribution in [0.4, 0.5) is 0 Å². The molecule has 0 N–H and O–H groups in total. The van der Waals surface area contributed by atoms with E-state index in [2.05, 4.69) is 176 Å². The smallest absolute Gasteiger partial charge is 0.220 e. The molecule has 0 aliphatic heterocycles. The number of nitrogens with zero attached hydrogens (tertiary/aromatic N) is 6. The first-order chi connectivity index (χ1) is 61.7. The van der Waals surface area contributed by atoms with Crippen molar-refractivity contribution in [2.45, 2.75) is 170 Å². The van der Waals surface area contributed by atoms with Gasteiger partial charge < -0.3 is 4.57 Å². The minimum Gasteiger partial charge on any atom is -0.338 e. The van der Waals surface area contributed by atoms with Crippen LogP contribution in [0.2, 0.25) is 0 Å². The van der Waals surface area contributed by atoms with Gasteiger partial charge in [0.2, 0.25) is 28.5 Å². The number of rotatable bonds is 8. The maximum absolute atomic E-state index is 8.71. The van der Waals surface area contributed by atoms with Crippen molar-refractivity contribution in [3.8, 4) is 56.3 Å². The van der Waals surface area contributed by atoms with Crippen LogP contribution >= 0.6 is 0 Å². The van der Waals surface area contributed by atoms with Crippen LogP contribution in [0, 0.1) is 111 Å². The number of aromatic nitrogens is 6. The van der Waals surface area contributed by atoms with E-state index in [0.29, 0.717) is 41.2 Å². The maximum Gasteiger partial charge on any atom is 0.220 e. The number of hydrogen-bond donors (Lipinski definition) is 0. The second kappa shape index (κ2) is 34.2. The minimum absolute atomic E-state index is 0.0880. The molecule has 1 unspecified atom stereocenters. The van der Waals surface area contributed by atoms with E-state index in [9.17, 15) is 0 Å². The SMILES string of the molecule is [2H]c1c(C)[n+](C)c(-c2cc3c(cc2C)c2ccccc2n3C(C)C)c2ccc(C)cc12.[2H]c1c([2H])[n+](C)c(-c2cc(C([2H])(C)C([2H])([2H])[2H])cc(C)c2C)c2ccc(C)cc12.[2H]c1c([2H])[n+](C)c(-c2cc(C([2H])(C)C)cc(C)c2C)c2ccc(C)cc12.[2H]c1c([2H])[n+](C)c(-c2cc(C)cc(C)c2C)c2ccc(C)cc12.[2H]c1cc([2H])c(C)c(-c2c3ccc(C)cc3c([2H])c(C)[n+]2C)c1. The number of pyridine rings is 5. The predicted molar refractivity (Wildman–Crippen MR) is 500 cm³/mol. The lowest BCUT2D eigenvalue weighted by atomic mass is 9.91. The summed E-state index contributed by atoms with van der Waals surface area (Å²) in [5.41, 5.74) is 31.2. The largest absolute Gasteiger partial charge is 0.338 e. The lowest BCUT2D eigenvalue weighted by Crippen LogP contribution is -2.35. The molecule has 6 aromatic heterocycles. The average Bonchev–Trinajstić information content (AvgIpc) is 1.53. The fourth-order valence-corrected chi connectivity index (χ4v) is 16.5. The summed E-state index contributed by atoms with van der Waals surface area (Å²) in [6.45, 7) is 39.8. The van der Waals surface area contributed by atoms with E-state index in [1.54, 1.807) is 34.4 Å². The fraction of sp³-hybridized carbons (Fsp3) is 0.270. The van der Waals surface area contributed by atoms with Gasteiger partial charge in [-0.25, -0.2) is 13.7 Å². The van der Waals surface area contributed by atoms with Gasteiger partial charge in [-0.2, -0.15) is 9.13 Å². The van der Waals surface area contributed by atoms with Gasteiger partial charge in [-0.15, -0.1) is 0 Å². The van der Waals surface area contributed by atoms with Gasteiger partial charge >= 0.3 is 0 Å². The van der Waals surface area contributed by atoms with Crippen LogP contribution in [0.25, 0.3) is 132 Å². The summed E-state index contributed by atoms with van der Waals surface area (Å²) >= 11 is 0. The van der Waals surface area contributed by atoms with Crippen LogP contribution < -0.4 is 22.8 Å². The molecule has 17 rings (SSSR count). The van der Waals surface area contributed by atoms with Gasteiger partial charge in [0.1, 0.15) is 39.4 Å². The Hall–Kier alpha value is -11.7. The van der Waals surface area contributed by atoms with Gasteiger partial charge in [0.05, 0.1) is 64.3 Å². The lowest BCUT2D eigenvalue weighted by Gasteiger charge is -2.14. The minimum atomic E-state index is -2.47. The second-order valence-electron chi connectivity index (χ2n) is 33.0. The Morgan fingerprint density at radius 1 is 0.308 bits per heavy atom. The fourth-order valence-electron chi connectivity index (χ4n) is 16.5. The molecule has 0 aliphatic carbocycles. The highest BCUT2D eigenvalue weighted by molar-refractivity contribution is 6.10. The molecule has 6 heteroatoms. The van der Waals surface area contributed by atoms with Gasteiger partial charge in [0.15, 0.2) is 29.9 Å². The molecular formula is C111H123N6+5. The Bertz CT molecular complexity index is 7460. The van der Waals surface area contributed by atoms with E-state index in [1.807, 2.05) is 167 Å². The highest BCUT2D eigenvalue weighted by Gasteiger charge is 2.27. The van der Waals surface area contributed by atoms with E-state index in [-0.39, 0.29) is 36.6 Å². The third-order valence-electron chi connectivity index (χ3n) is 23.5. The zero-order chi connectivity index (χ0) is 97.1. The molecule has 0 aliphatic rings. The molecule has 6 heterocycles. The molecule has 1 atom stereocenters. The van der Waals surface area contributed by atoms with E-state index < -0.39 is 18.6 Å². The second-order valence-corrected chi connectivity index (χ2v) is 33.0. The quantitative estimate of drug-likeness (QED) is 0.135. The third-order valence-corrected chi connectivity index (χ3v) is 23.5. The molecule has 0 saturated carbocycles. The maximum atomic E-state index is 8.71. The Kier molecular flexibility index (Phi) is 19.1. The summed E-state index contributed by atoms with van der Waals surface area (Å²) in [7, 11) is 9.51. The van der Waals surface area contributed by atoms with Gasteiger partial charge in [-0.1, -0.05) is 176 Å². The van der Waals surface area contributed by atoms with Gasteiger partial charge in [-0.05, 0) is 278 Å². The lowest BCUT2D eigenvalue weighted by molar-refractivity contribution is -0.665. The average molecular weight is 1560 g/mol. The molecule has 0 bridgehead atoms. The zero-order valence-corrected chi connectivity index (χ0v) is 73.5. The van der Waals surface area contributed by atoms with Crippen LogP contribution in [0.1, 0.15) is 180 Å². The van der Waals surface area contributed by atoms with Crippen molar-refractivity contribution in [2.75, 3.05) is 0 Å². The van der Waals surface area contributed by atoms with Crippen LogP contribution in [-0.4, -0.2) is 4.57 Å². The van der Waals surface area contributed by atoms with E-state index >= 15 is 0 Å². The first-order valence-corrected chi connectivity index (χ1v) is 40.6. The molecule has 117 heavy (non-hydrogen) atoms. The number of aryl methyl sites for hydroxylation is 10. The van der Waals surface area contributed by atoms with Crippen molar-refractivity contribution < 1.29 is 43.4 Å². The molecule has 0 fully saturated rings. The summed E-state index contributed by atoms with van der Waals surface area (Å²) < 4.78 is 136. The number of para-hydroxylation sites is 1. The van der Waals surface area contributed by atoms with Crippen LogP contribution in [0.3, 0.4) is 0 Å². The van der Waals surface area contributed by atoms with E-state index in [4.69, 9.17) is 20.6 Å². The van der Waals surface area contributed by atoms with Gasteiger partial charge in [-0.3, -0.25) is 0 Å². The van der Waals surface area contributed by atoms with Crippen molar-refractivity contribution >= 4 is 75.7 Å². The molecule has 6 nitrogen and oxygen atoms in total. The van der Waals surface area contributed by atoms with E-state index in [0.717, 1.165) is 161 Å². The highest BCUT2D eigenvalue weighted by atomic mass is 15.0. The molecule has 11 aromatic carbocycles. The molecule has 592 valence electrons. The number of fused-ring (bicyclic) bond motifs is 8. The van der Waals surface area contributed by atoms with Crippen LogP contribution in [0.5, 0.6) is 0 Å². The number of benzene rings is 11. The standard InChI is InChI=1S/C28H29N2.2C22H26N.C20H22N.C19H20N/c1-17(2)30-26-10-8-7-9-23(26)25-14-19(4)24(16-27(25)30)28-22-12-11-18(3)13-21(22)15-20(5)29(28)6;2*1-14(2)19-12-16(4)17(5)21(13-19)22-20-8-7-15(3)11-18(20)9-10-23(22)6;1-13-6-7-18-17(11-13)8-9-21(5)20(18)19-12-14(2)10-15(3)16(19)4;1-13-9-10-18-16(11-13)12-15(3)20(4)19(18)17-8-6-5-7-14(17)2/h7-17H,1-6H3;2*7-14H,1-6H3;6-12H,1-5H3;5-12H,1-4H3/q5*+1/i15D;1D3,9D,10D,14D;9D,10D,14D;8D,9D;6D,7D,12D. The first-order valence-electron chi connectivity index (χ1n) is 48.1. The Labute approximate surface area is 718 Å². The molecule has 17 aromatic rings. The van der Waals surface area contributed by atoms with Crippen molar-refractivity contribution in [1.82, 2.24) is 4.57 Å². The summed E-state index contributed by atoms with van der Waals surface area (Å²) in [5.74, 6) is -2.46. The first kappa shape index (κ1) is 65.4. The summed E-state index contributed by atoms with van der Waals surface area (Å²) in [6, 6.07) is 62.4. The van der Waals surface area contributed by atoms with Crippen LogP contribution in [-0.2, 0) is 35.2 Å². The van der Waals surface area contributed by atoms with Crippen molar-refractivity contribution in [1.29, 1.82) is 0 Å². The predicted octanol–water partition coefficient (Wildman–Crippen LogP) is 26.5. The summed E-state index contributed by atoms with van der Waals surface area (Å²) in [5, 5.41) is 11.9. The molecule has 0 saturated heterocycles. The highest BCUT2D eigenvalue weighted by Crippen LogP contribution is 2.41. The summed E-state index contributed by atoms with van der Waals surface area (Å²) in [4.78, 5) is 0.